The Morgan fingerprint density at radius 3 is 2.36 bits per heavy atom. The summed E-state index contributed by atoms with van der Waals surface area (Å²) in [5.74, 6) is 0.328. The molecule has 6 heteroatoms. The van der Waals surface area contributed by atoms with Crippen LogP contribution in [0.3, 0.4) is 0 Å². The van der Waals surface area contributed by atoms with Gasteiger partial charge in [0.25, 0.3) is 0 Å². The lowest BCUT2D eigenvalue weighted by Gasteiger charge is -2.34. The number of rotatable bonds is 6. The number of amides is 1. The van der Waals surface area contributed by atoms with Crippen molar-refractivity contribution in [2.75, 3.05) is 45.2 Å². The van der Waals surface area contributed by atoms with Gasteiger partial charge in [0.05, 0.1) is 19.3 Å². The van der Waals surface area contributed by atoms with Gasteiger partial charge in [0.1, 0.15) is 11.6 Å². The zero-order valence-corrected chi connectivity index (χ0v) is 16.8. The molecule has 1 fully saturated rings. The largest absolute Gasteiger partial charge is 0.496 e. The molecule has 0 saturated carbocycles. The summed E-state index contributed by atoms with van der Waals surface area (Å²) in [6, 6.07) is 11.0. The molecule has 1 aliphatic rings. The molecular formula is C22H28FN3O2. The van der Waals surface area contributed by atoms with E-state index in [1.54, 1.807) is 19.2 Å². The summed E-state index contributed by atoms with van der Waals surface area (Å²) in [5.41, 5.74) is 3.47. The molecule has 0 aliphatic carbocycles. The summed E-state index contributed by atoms with van der Waals surface area (Å²) < 4.78 is 19.4. The third-order valence-electron chi connectivity index (χ3n) is 5.06. The van der Waals surface area contributed by atoms with Crippen LogP contribution in [0.4, 0.5) is 10.1 Å². The van der Waals surface area contributed by atoms with Crippen LogP contribution in [-0.2, 0) is 11.3 Å². The minimum Gasteiger partial charge on any atom is -0.496 e. The standard InChI is InChI=1S/C22H28FN3O2/c1-16-5-7-21(28-3)18(12-16)14-25-8-10-26(11-9-25)15-22(27)24-20-6-4-17(2)13-19(20)23/h4-7,12-13H,8-11,14-15H2,1-3H3,(H,24,27). The van der Waals surface area contributed by atoms with E-state index in [0.29, 0.717) is 0 Å². The van der Waals surface area contributed by atoms with Crippen molar-refractivity contribution in [3.63, 3.8) is 0 Å². The van der Waals surface area contributed by atoms with Gasteiger partial charge >= 0.3 is 0 Å². The van der Waals surface area contributed by atoms with E-state index in [9.17, 15) is 9.18 Å². The highest BCUT2D eigenvalue weighted by molar-refractivity contribution is 5.92. The predicted octanol–water partition coefficient (Wildman–Crippen LogP) is 3.21. The molecular weight excluding hydrogens is 357 g/mol. The van der Waals surface area contributed by atoms with Crippen molar-refractivity contribution in [3.8, 4) is 5.75 Å². The van der Waals surface area contributed by atoms with E-state index in [4.69, 9.17) is 4.74 Å². The minimum atomic E-state index is -0.398. The highest BCUT2D eigenvalue weighted by Crippen LogP contribution is 2.22. The molecule has 0 radical (unpaired) electrons. The average Bonchev–Trinajstić information content (AvgIpc) is 2.66. The molecule has 0 atom stereocenters. The Labute approximate surface area is 166 Å². The van der Waals surface area contributed by atoms with E-state index < -0.39 is 5.82 Å². The van der Waals surface area contributed by atoms with Crippen LogP contribution in [0.15, 0.2) is 36.4 Å². The third-order valence-corrected chi connectivity index (χ3v) is 5.06. The van der Waals surface area contributed by atoms with Crippen LogP contribution in [0, 0.1) is 19.7 Å². The summed E-state index contributed by atoms with van der Waals surface area (Å²) in [6.45, 7) is 8.37. The SMILES string of the molecule is COc1ccc(C)cc1CN1CCN(CC(=O)Nc2ccc(C)cc2F)CC1. The quantitative estimate of drug-likeness (QED) is 0.829. The van der Waals surface area contributed by atoms with Crippen molar-refractivity contribution in [1.82, 2.24) is 9.80 Å². The maximum atomic E-state index is 13.9. The van der Waals surface area contributed by atoms with E-state index in [0.717, 1.165) is 44.0 Å². The van der Waals surface area contributed by atoms with Crippen LogP contribution < -0.4 is 10.1 Å². The number of halogens is 1. The molecule has 28 heavy (non-hydrogen) atoms. The second kappa shape index (κ2) is 9.17. The lowest BCUT2D eigenvalue weighted by atomic mass is 10.1. The Morgan fingerprint density at radius 2 is 1.68 bits per heavy atom. The van der Waals surface area contributed by atoms with Gasteiger partial charge in [-0.3, -0.25) is 14.6 Å². The predicted molar refractivity (Wildman–Crippen MR) is 109 cm³/mol. The first-order chi connectivity index (χ1) is 13.4. The van der Waals surface area contributed by atoms with Crippen LogP contribution >= 0.6 is 0 Å². The van der Waals surface area contributed by atoms with Crippen molar-refractivity contribution in [1.29, 1.82) is 0 Å². The number of methoxy groups -OCH3 is 1. The molecule has 150 valence electrons. The second-order valence-electron chi connectivity index (χ2n) is 7.40. The molecule has 0 aromatic heterocycles. The Morgan fingerprint density at radius 1 is 1.04 bits per heavy atom. The van der Waals surface area contributed by atoms with Crippen LogP contribution in [0.5, 0.6) is 5.75 Å². The second-order valence-corrected chi connectivity index (χ2v) is 7.40. The normalized spacial score (nSPS) is 15.4. The summed E-state index contributed by atoms with van der Waals surface area (Å²) in [4.78, 5) is 16.7. The number of hydrogen-bond donors (Lipinski definition) is 1. The average molecular weight is 385 g/mol. The summed E-state index contributed by atoms with van der Waals surface area (Å²) in [7, 11) is 1.70. The zero-order valence-electron chi connectivity index (χ0n) is 16.8. The highest BCUT2D eigenvalue weighted by atomic mass is 19.1. The molecule has 1 saturated heterocycles. The molecule has 2 aromatic carbocycles. The van der Waals surface area contributed by atoms with E-state index >= 15 is 0 Å². The smallest absolute Gasteiger partial charge is 0.238 e. The van der Waals surface area contributed by atoms with Crippen LogP contribution in [0.25, 0.3) is 0 Å². The Kier molecular flexibility index (Phi) is 6.65. The Balaban J connectivity index is 1.49. The summed E-state index contributed by atoms with van der Waals surface area (Å²) in [6.07, 6.45) is 0. The van der Waals surface area contributed by atoms with Crippen molar-refractivity contribution >= 4 is 11.6 Å². The number of nitrogens with one attached hydrogen (secondary N) is 1. The van der Waals surface area contributed by atoms with E-state index in [2.05, 4.69) is 34.2 Å². The molecule has 0 unspecified atom stereocenters. The molecule has 1 aliphatic heterocycles. The van der Waals surface area contributed by atoms with E-state index in [1.807, 2.05) is 13.0 Å². The molecule has 1 N–H and O–H groups in total. The molecule has 3 rings (SSSR count). The number of nitrogens with zero attached hydrogens (tertiary/aromatic N) is 2. The van der Waals surface area contributed by atoms with Gasteiger partial charge in [-0.1, -0.05) is 23.8 Å². The maximum absolute atomic E-state index is 13.9. The first-order valence-electron chi connectivity index (χ1n) is 9.59. The number of carbonyl (C=O) groups is 1. The van der Waals surface area contributed by atoms with Gasteiger partial charge in [-0.25, -0.2) is 4.39 Å². The fourth-order valence-electron chi connectivity index (χ4n) is 3.49. The van der Waals surface area contributed by atoms with Crippen LogP contribution in [0.2, 0.25) is 0 Å². The van der Waals surface area contributed by atoms with Gasteiger partial charge in [0, 0.05) is 38.3 Å². The number of aryl methyl sites for hydroxylation is 2. The van der Waals surface area contributed by atoms with E-state index in [1.165, 1.54) is 17.2 Å². The lowest BCUT2D eigenvalue weighted by molar-refractivity contribution is -0.117. The molecule has 1 amide bonds. The van der Waals surface area contributed by atoms with Gasteiger partial charge in [-0.05, 0) is 37.6 Å². The first-order valence-corrected chi connectivity index (χ1v) is 9.59. The zero-order chi connectivity index (χ0) is 20.1. The van der Waals surface area contributed by atoms with Crippen LogP contribution in [-0.4, -0.2) is 55.5 Å². The number of anilines is 1. The minimum absolute atomic E-state index is 0.184. The topological polar surface area (TPSA) is 44.8 Å². The van der Waals surface area contributed by atoms with E-state index in [-0.39, 0.29) is 18.1 Å². The Bertz CT molecular complexity index is 833. The summed E-state index contributed by atoms with van der Waals surface area (Å²) >= 11 is 0. The fourth-order valence-corrected chi connectivity index (χ4v) is 3.49. The fraction of sp³-hybridized carbons (Fsp3) is 0.409. The summed E-state index contributed by atoms with van der Waals surface area (Å²) in [5, 5.41) is 2.67. The lowest BCUT2D eigenvalue weighted by Crippen LogP contribution is -2.48. The van der Waals surface area contributed by atoms with Gasteiger partial charge in [0.2, 0.25) is 5.91 Å². The first kappa shape index (κ1) is 20.3. The molecule has 0 spiro atoms. The van der Waals surface area contributed by atoms with Crippen molar-refractivity contribution in [3.05, 3.63) is 58.9 Å². The number of piperazine rings is 1. The number of carbonyl (C=O) groups excluding carboxylic acids is 1. The number of ether oxygens (including phenoxy) is 1. The van der Waals surface area contributed by atoms with Crippen molar-refractivity contribution in [2.24, 2.45) is 0 Å². The van der Waals surface area contributed by atoms with Gasteiger partial charge in [0.15, 0.2) is 0 Å². The molecule has 5 nitrogen and oxygen atoms in total. The number of hydrogen-bond acceptors (Lipinski definition) is 4. The van der Waals surface area contributed by atoms with Crippen molar-refractivity contribution < 1.29 is 13.9 Å². The Hall–Kier alpha value is -2.44. The number of benzene rings is 2. The van der Waals surface area contributed by atoms with Gasteiger partial charge in [-0.2, -0.15) is 0 Å². The molecule has 1 heterocycles. The van der Waals surface area contributed by atoms with Gasteiger partial charge < -0.3 is 10.1 Å². The maximum Gasteiger partial charge on any atom is 0.238 e. The third kappa shape index (κ3) is 5.30. The highest BCUT2D eigenvalue weighted by Gasteiger charge is 2.20. The van der Waals surface area contributed by atoms with Crippen LogP contribution in [0.1, 0.15) is 16.7 Å². The van der Waals surface area contributed by atoms with Crippen molar-refractivity contribution in [2.45, 2.75) is 20.4 Å². The monoisotopic (exact) mass is 385 g/mol. The van der Waals surface area contributed by atoms with Gasteiger partial charge in [-0.15, -0.1) is 0 Å². The molecule has 2 aromatic rings. The molecule has 0 bridgehead atoms.